The van der Waals surface area contributed by atoms with Gasteiger partial charge >= 0.3 is 0 Å². The number of nitrogens with zero attached hydrogens (tertiary/aromatic N) is 5. The summed E-state index contributed by atoms with van der Waals surface area (Å²) in [6, 6.07) is 9.73. The summed E-state index contributed by atoms with van der Waals surface area (Å²) in [6.45, 7) is 3.80. The van der Waals surface area contributed by atoms with E-state index in [2.05, 4.69) is 22.1 Å². The molecule has 7 nitrogen and oxygen atoms in total. The molecule has 1 aliphatic heterocycles. The topological polar surface area (TPSA) is 77.0 Å². The van der Waals surface area contributed by atoms with E-state index < -0.39 is 0 Å². The molecule has 4 heterocycles. The van der Waals surface area contributed by atoms with Crippen molar-refractivity contribution in [3.63, 3.8) is 0 Å². The molecule has 1 aromatic carbocycles. The van der Waals surface area contributed by atoms with Gasteiger partial charge in [-0.15, -0.1) is 21.5 Å². The number of hydrogen-bond acceptors (Lipinski definition) is 7. The molecule has 1 amide bonds. The van der Waals surface area contributed by atoms with Crippen LogP contribution in [0.25, 0.3) is 17.3 Å². The number of thiazole rings is 1. The number of hydrogen-bond donors (Lipinski definition) is 0. The molecule has 4 aromatic rings. The highest BCUT2D eigenvalue weighted by molar-refractivity contribution is 7.98. The van der Waals surface area contributed by atoms with E-state index in [0.717, 1.165) is 36.6 Å². The molecular weight excluding hydrogens is 461 g/mol. The Morgan fingerprint density at radius 2 is 2.00 bits per heavy atom. The Hall–Kier alpha value is -2.98. The minimum atomic E-state index is -0.316. The molecule has 33 heavy (non-hydrogen) atoms. The van der Waals surface area contributed by atoms with Crippen LogP contribution in [0.3, 0.4) is 0 Å². The molecule has 0 aliphatic carbocycles. The van der Waals surface area contributed by atoms with E-state index in [1.807, 2.05) is 14.8 Å². The minimum Gasteiger partial charge on any atom is -0.461 e. The summed E-state index contributed by atoms with van der Waals surface area (Å²) >= 11 is 2.92. The van der Waals surface area contributed by atoms with Crippen molar-refractivity contribution >= 4 is 29.0 Å². The first kappa shape index (κ1) is 21.8. The van der Waals surface area contributed by atoms with E-state index in [1.54, 1.807) is 30.5 Å². The second-order valence-corrected chi connectivity index (χ2v) is 9.87. The molecule has 170 valence electrons. The number of amides is 1. The Morgan fingerprint density at radius 1 is 1.21 bits per heavy atom. The lowest BCUT2D eigenvalue weighted by molar-refractivity contribution is 0.0692. The van der Waals surface area contributed by atoms with Crippen LogP contribution in [-0.4, -0.2) is 43.6 Å². The molecule has 0 N–H and O–H groups in total. The van der Waals surface area contributed by atoms with E-state index in [0.29, 0.717) is 34.1 Å². The highest BCUT2D eigenvalue weighted by atomic mass is 32.2. The fourth-order valence-electron chi connectivity index (χ4n) is 3.73. The molecule has 5 rings (SSSR count). The minimum absolute atomic E-state index is 0.00369. The molecule has 0 atom stereocenters. The quantitative estimate of drug-likeness (QED) is 0.347. The Balaban J connectivity index is 1.34. The fraction of sp³-hybridized carbons (Fsp3) is 0.304. The molecule has 0 bridgehead atoms. The Morgan fingerprint density at radius 3 is 2.73 bits per heavy atom. The predicted molar refractivity (Wildman–Crippen MR) is 125 cm³/mol. The summed E-state index contributed by atoms with van der Waals surface area (Å²) < 4.78 is 20.8. The Labute approximate surface area is 198 Å². The third-order valence-corrected chi connectivity index (χ3v) is 7.60. The van der Waals surface area contributed by atoms with E-state index in [-0.39, 0.29) is 11.7 Å². The molecule has 0 unspecified atom stereocenters. The summed E-state index contributed by atoms with van der Waals surface area (Å²) in [7, 11) is 0. The maximum Gasteiger partial charge on any atom is 0.273 e. The number of likely N-dealkylation sites (tertiary alicyclic amines) is 1. The van der Waals surface area contributed by atoms with Gasteiger partial charge in [0.15, 0.2) is 10.9 Å². The molecule has 0 spiro atoms. The van der Waals surface area contributed by atoms with Crippen molar-refractivity contribution in [3.05, 3.63) is 64.6 Å². The molecule has 1 aliphatic rings. The molecule has 0 saturated carbocycles. The second-order valence-electron chi connectivity index (χ2n) is 7.99. The number of carbonyl (C=O) groups excluding carboxylic acids is 1. The zero-order chi connectivity index (χ0) is 22.8. The summed E-state index contributed by atoms with van der Waals surface area (Å²) in [4.78, 5) is 19.3. The summed E-state index contributed by atoms with van der Waals surface area (Å²) in [5.74, 6) is 1.99. The fourth-order valence-corrected chi connectivity index (χ4v) is 5.46. The summed E-state index contributed by atoms with van der Waals surface area (Å²) in [5.41, 5.74) is 1.23. The van der Waals surface area contributed by atoms with Crippen LogP contribution in [0.15, 0.2) is 57.6 Å². The van der Waals surface area contributed by atoms with Crippen molar-refractivity contribution in [2.45, 2.75) is 30.7 Å². The van der Waals surface area contributed by atoms with Crippen molar-refractivity contribution in [1.29, 1.82) is 0 Å². The van der Waals surface area contributed by atoms with Gasteiger partial charge in [0.2, 0.25) is 5.82 Å². The first-order valence-electron chi connectivity index (χ1n) is 10.7. The average Bonchev–Trinajstić information content (AvgIpc) is 3.59. The lowest BCUT2D eigenvalue weighted by Crippen LogP contribution is -2.38. The zero-order valence-corrected chi connectivity index (χ0v) is 19.6. The van der Waals surface area contributed by atoms with Gasteiger partial charge < -0.3 is 9.32 Å². The van der Waals surface area contributed by atoms with Gasteiger partial charge in [0.1, 0.15) is 16.5 Å². The smallest absolute Gasteiger partial charge is 0.273 e. The SMILES string of the molecule is CC1CCN(C(=O)c2csc(CSc3nnc(-c4ccco4)n3-c3ccc(F)cc3)n2)CC1. The lowest BCUT2D eigenvalue weighted by atomic mass is 9.99. The number of rotatable bonds is 6. The van der Waals surface area contributed by atoms with Gasteiger partial charge in [-0.1, -0.05) is 18.7 Å². The number of halogens is 1. The van der Waals surface area contributed by atoms with Gasteiger partial charge in [-0.25, -0.2) is 9.37 Å². The van der Waals surface area contributed by atoms with E-state index in [9.17, 15) is 9.18 Å². The van der Waals surface area contributed by atoms with E-state index in [1.165, 1.54) is 35.2 Å². The molecule has 10 heteroatoms. The molecular formula is C23H22FN5O2S2. The monoisotopic (exact) mass is 483 g/mol. The van der Waals surface area contributed by atoms with Gasteiger partial charge in [-0.3, -0.25) is 9.36 Å². The van der Waals surface area contributed by atoms with Crippen LogP contribution in [0.4, 0.5) is 4.39 Å². The van der Waals surface area contributed by atoms with Crippen LogP contribution in [-0.2, 0) is 5.75 Å². The van der Waals surface area contributed by atoms with Crippen molar-refractivity contribution < 1.29 is 13.6 Å². The van der Waals surface area contributed by atoms with Crippen molar-refractivity contribution in [1.82, 2.24) is 24.6 Å². The van der Waals surface area contributed by atoms with Crippen molar-refractivity contribution in [2.24, 2.45) is 5.92 Å². The first-order valence-corrected chi connectivity index (χ1v) is 12.6. The summed E-state index contributed by atoms with van der Waals surface area (Å²) in [6.07, 6.45) is 3.65. The number of thioether (sulfide) groups is 1. The van der Waals surface area contributed by atoms with Gasteiger partial charge in [-0.2, -0.15) is 0 Å². The van der Waals surface area contributed by atoms with Crippen LogP contribution in [0.5, 0.6) is 0 Å². The highest BCUT2D eigenvalue weighted by Crippen LogP contribution is 2.31. The maximum atomic E-state index is 13.5. The number of piperidine rings is 1. The number of benzene rings is 1. The molecule has 1 saturated heterocycles. The average molecular weight is 484 g/mol. The van der Waals surface area contributed by atoms with Gasteiger partial charge in [-0.05, 0) is 55.2 Å². The highest BCUT2D eigenvalue weighted by Gasteiger charge is 2.24. The van der Waals surface area contributed by atoms with Crippen LogP contribution in [0, 0.1) is 11.7 Å². The molecule has 3 aromatic heterocycles. The third kappa shape index (κ3) is 4.72. The zero-order valence-electron chi connectivity index (χ0n) is 18.0. The van der Waals surface area contributed by atoms with E-state index >= 15 is 0 Å². The standard InChI is InChI=1S/C23H22FN5O2S2/c1-15-8-10-28(11-9-15)22(30)18-13-32-20(25-18)14-33-23-27-26-21(19-3-2-12-31-19)29(23)17-6-4-16(24)5-7-17/h2-7,12-13,15H,8-11,14H2,1H3. The van der Waals surface area contributed by atoms with Crippen molar-refractivity contribution in [3.8, 4) is 17.3 Å². The molecule has 1 fully saturated rings. The van der Waals surface area contributed by atoms with Crippen LogP contribution < -0.4 is 0 Å². The number of aromatic nitrogens is 4. The largest absolute Gasteiger partial charge is 0.461 e. The maximum absolute atomic E-state index is 13.5. The third-order valence-electron chi connectivity index (χ3n) is 5.63. The van der Waals surface area contributed by atoms with Gasteiger partial charge in [0.25, 0.3) is 5.91 Å². The van der Waals surface area contributed by atoms with Crippen molar-refractivity contribution in [2.75, 3.05) is 13.1 Å². The number of furan rings is 1. The molecule has 0 radical (unpaired) electrons. The lowest BCUT2D eigenvalue weighted by Gasteiger charge is -2.29. The normalized spacial score (nSPS) is 14.7. The second kappa shape index (κ2) is 9.48. The Kier molecular flexibility index (Phi) is 6.28. The predicted octanol–water partition coefficient (Wildman–Crippen LogP) is 5.29. The number of carbonyl (C=O) groups is 1. The first-order chi connectivity index (χ1) is 16.1. The van der Waals surface area contributed by atoms with Crippen LogP contribution >= 0.6 is 23.1 Å². The Bertz CT molecular complexity index is 1230. The van der Waals surface area contributed by atoms with Gasteiger partial charge in [0, 0.05) is 18.5 Å². The van der Waals surface area contributed by atoms with Crippen LogP contribution in [0.2, 0.25) is 0 Å². The van der Waals surface area contributed by atoms with Crippen LogP contribution in [0.1, 0.15) is 35.3 Å². The van der Waals surface area contributed by atoms with Gasteiger partial charge in [0.05, 0.1) is 17.7 Å². The van der Waals surface area contributed by atoms with E-state index in [4.69, 9.17) is 4.42 Å². The summed E-state index contributed by atoms with van der Waals surface area (Å²) in [5, 5.41) is 11.9.